The lowest BCUT2D eigenvalue weighted by Crippen LogP contribution is -2.35. The van der Waals surface area contributed by atoms with E-state index in [9.17, 15) is 4.79 Å². The first-order chi connectivity index (χ1) is 8.68. The number of ether oxygens (including phenoxy) is 1. The van der Waals surface area contributed by atoms with Crippen LogP contribution in [0.3, 0.4) is 0 Å². The minimum absolute atomic E-state index is 0.0321. The molecule has 1 heterocycles. The van der Waals surface area contributed by atoms with E-state index in [2.05, 4.69) is 9.97 Å². The highest BCUT2D eigenvalue weighted by Crippen LogP contribution is 2.38. The van der Waals surface area contributed by atoms with Crippen LogP contribution in [0.1, 0.15) is 55.3 Å². The Labute approximate surface area is 106 Å². The van der Waals surface area contributed by atoms with Gasteiger partial charge >= 0.3 is 5.97 Å². The number of aromatic carboxylic acids is 1. The number of hydrogen-bond acceptors (Lipinski definition) is 4. The summed E-state index contributed by atoms with van der Waals surface area (Å²) < 4.78 is 5.87. The van der Waals surface area contributed by atoms with Gasteiger partial charge in [-0.1, -0.05) is 19.3 Å². The molecule has 1 aromatic rings. The summed E-state index contributed by atoms with van der Waals surface area (Å²) in [5, 5.41) is 8.99. The number of rotatable bonds is 4. The van der Waals surface area contributed by atoms with Gasteiger partial charge < -0.3 is 9.84 Å². The average Bonchev–Trinajstić information content (AvgIpc) is 2.40. The van der Waals surface area contributed by atoms with Crippen LogP contribution < -0.4 is 0 Å². The lowest BCUT2D eigenvalue weighted by molar-refractivity contribution is -0.0767. The highest BCUT2D eigenvalue weighted by molar-refractivity contribution is 5.85. The molecule has 1 aromatic heterocycles. The van der Waals surface area contributed by atoms with Crippen molar-refractivity contribution < 1.29 is 14.6 Å². The summed E-state index contributed by atoms with van der Waals surface area (Å²) in [5.41, 5.74) is -0.456. The molecule has 0 spiro atoms. The summed E-state index contributed by atoms with van der Waals surface area (Å²) in [6.07, 6.45) is 6.56. The maximum absolute atomic E-state index is 11.0. The Morgan fingerprint density at radius 3 is 2.78 bits per heavy atom. The molecule has 0 unspecified atom stereocenters. The van der Waals surface area contributed by atoms with E-state index in [1.165, 1.54) is 18.7 Å². The van der Waals surface area contributed by atoms with Crippen molar-refractivity contribution in [2.75, 3.05) is 6.61 Å². The fraction of sp³-hybridized carbons (Fsp3) is 0.615. The van der Waals surface area contributed by atoms with Crippen molar-refractivity contribution in [1.29, 1.82) is 0 Å². The third kappa shape index (κ3) is 2.51. The third-order valence-electron chi connectivity index (χ3n) is 3.36. The van der Waals surface area contributed by atoms with Gasteiger partial charge in [-0.2, -0.15) is 0 Å². The summed E-state index contributed by atoms with van der Waals surface area (Å²) in [5.74, 6) is -0.509. The van der Waals surface area contributed by atoms with E-state index >= 15 is 0 Å². The van der Waals surface area contributed by atoms with Crippen molar-refractivity contribution in [2.45, 2.75) is 44.6 Å². The molecule has 98 valence electrons. The monoisotopic (exact) mass is 250 g/mol. The van der Waals surface area contributed by atoms with Gasteiger partial charge in [-0.05, 0) is 25.8 Å². The second-order valence-corrected chi connectivity index (χ2v) is 4.56. The van der Waals surface area contributed by atoms with Crippen LogP contribution in [0.5, 0.6) is 0 Å². The van der Waals surface area contributed by atoms with E-state index < -0.39 is 11.6 Å². The van der Waals surface area contributed by atoms with Gasteiger partial charge in [-0.3, -0.25) is 0 Å². The number of carboxylic acid groups (broad SMARTS) is 1. The van der Waals surface area contributed by atoms with E-state index in [0.29, 0.717) is 12.4 Å². The molecular formula is C13H18N2O3. The van der Waals surface area contributed by atoms with Crippen molar-refractivity contribution >= 4 is 5.97 Å². The number of nitrogens with zero attached hydrogens (tertiary/aromatic N) is 2. The highest BCUT2D eigenvalue weighted by atomic mass is 16.5. The van der Waals surface area contributed by atoms with Crippen molar-refractivity contribution in [3.63, 3.8) is 0 Å². The quantitative estimate of drug-likeness (QED) is 0.888. The maximum Gasteiger partial charge on any atom is 0.354 e. The Hall–Kier alpha value is -1.49. The van der Waals surface area contributed by atoms with Crippen LogP contribution in [0.15, 0.2) is 12.3 Å². The first-order valence-corrected chi connectivity index (χ1v) is 6.39. The normalized spacial score (nSPS) is 18.5. The minimum Gasteiger partial charge on any atom is -0.477 e. The van der Waals surface area contributed by atoms with Crippen LogP contribution in [-0.4, -0.2) is 27.7 Å². The van der Waals surface area contributed by atoms with E-state index in [4.69, 9.17) is 9.84 Å². The molecule has 0 atom stereocenters. The summed E-state index contributed by atoms with van der Waals surface area (Å²) in [7, 11) is 0. The van der Waals surface area contributed by atoms with Gasteiger partial charge in [0.1, 0.15) is 5.60 Å². The Balaban J connectivity index is 2.35. The molecule has 2 rings (SSSR count). The SMILES string of the molecule is CCOC1(c2nccc(C(=O)O)n2)CCCCC1. The van der Waals surface area contributed by atoms with Gasteiger partial charge in [0.2, 0.25) is 0 Å². The molecule has 0 bridgehead atoms. The maximum atomic E-state index is 11.0. The smallest absolute Gasteiger partial charge is 0.354 e. The molecule has 0 amide bonds. The van der Waals surface area contributed by atoms with E-state index in [-0.39, 0.29) is 5.69 Å². The predicted molar refractivity (Wildman–Crippen MR) is 65.4 cm³/mol. The zero-order valence-corrected chi connectivity index (χ0v) is 10.6. The van der Waals surface area contributed by atoms with Crippen molar-refractivity contribution in [3.05, 3.63) is 23.8 Å². The first kappa shape index (κ1) is 13.0. The second-order valence-electron chi connectivity index (χ2n) is 4.56. The Bertz CT molecular complexity index is 422. The molecule has 1 aliphatic rings. The lowest BCUT2D eigenvalue weighted by Gasteiger charge is -2.35. The molecule has 0 radical (unpaired) electrons. The second kappa shape index (κ2) is 5.44. The van der Waals surface area contributed by atoms with E-state index in [1.807, 2.05) is 6.92 Å². The van der Waals surface area contributed by atoms with Crippen molar-refractivity contribution in [1.82, 2.24) is 9.97 Å². The number of carboxylic acids is 1. The van der Waals surface area contributed by atoms with Gasteiger partial charge in [-0.25, -0.2) is 14.8 Å². The summed E-state index contributed by atoms with van der Waals surface area (Å²) >= 11 is 0. The van der Waals surface area contributed by atoms with Crippen LogP contribution in [0.4, 0.5) is 0 Å². The third-order valence-corrected chi connectivity index (χ3v) is 3.36. The average molecular weight is 250 g/mol. The number of aromatic nitrogens is 2. The molecule has 5 nitrogen and oxygen atoms in total. The number of carbonyl (C=O) groups is 1. The molecule has 0 saturated heterocycles. The van der Waals surface area contributed by atoms with E-state index in [0.717, 1.165) is 25.7 Å². The zero-order chi connectivity index (χ0) is 13.0. The number of hydrogen-bond donors (Lipinski definition) is 1. The summed E-state index contributed by atoms with van der Waals surface area (Å²) in [4.78, 5) is 19.4. The van der Waals surface area contributed by atoms with Crippen LogP contribution >= 0.6 is 0 Å². The van der Waals surface area contributed by atoms with Gasteiger partial charge in [0.15, 0.2) is 11.5 Å². The first-order valence-electron chi connectivity index (χ1n) is 6.39. The molecule has 1 fully saturated rings. The summed E-state index contributed by atoms with van der Waals surface area (Å²) in [6.45, 7) is 2.53. The minimum atomic E-state index is -1.03. The molecule has 1 N–H and O–H groups in total. The van der Waals surface area contributed by atoms with E-state index in [1.54, 1.807) is 0 Å². The van der Waals surface area contributed by atoms with Crippen LogP contribution in [0.2, 0.25) is 0 Å². The molecule has 1 saturated carbocycles. The molecule has 5 heteroatoms. The van der Waals surface area contributed by atoms with Crippen LogP contribution in [-0.2, 0) is 10.3 Å². The van der Waals surface area contributed by atoms with Crippen molar-refractivity contribution in [2.24, 2.45) is 0 Å². The Morgan fingerprint density at radius 1 is 1.44 bits per heavy atom. The van der Waals surface area contributed by atoms with Crippen molar-refractivity contribution in [3.8, 4) is 0 Å². The highest BCUT2D eigenvalue weighted by Gasteiger charge is 2.37. The van der Waals surface area contributed by atoms with Gasteiger partial charge in [0, 0.05) is 12.8 Å². The lowest BCUT2D eigenvalue weighted by atomic mass is 9.83. The Morgan fingerprint density at radius 2 is 2.17 bits per heavy atom. The van der Waals surface area contributed by atoms with Crippen LogP contribution in [0.25, 0.3) is 0 Å². The van der Waals surface area contributed by atoms with Gasteiger partial charge in [-0.15, -0.1) is 0 Å². The molecule has 18 heavy (non-hydrogen) atoms. The predicted octanol–water partition coefficient (Wildman–Crippen LogP) is 2.37. The van der Waals surface area contributed by atoms with Crippen LogP contribution in [0, 0.1) is 0 Å². The molecule has 0 aromatic carbocycles. The topological polar surface area (TPSA) is 72.3 Å². The zero-order valence-electron chi connectivity index (χ0n) is 10.6. The molecule has 1 aliphatic carbocycles. The molecular weight excluding hydrogens is 232 g/mol. The van der Waals surface area contributed by atoms with Gasteiger partial charge in [0.25, 0.3) is 0 Å². The van der Waals surface area contributed by atoms with Gasteiger partial charge in [0.05, 0.1) is 0 Å². The fourth-order valence-electron chi connectivity index (χ4n) is 2.53. The Kier molecular flexibility index (Phi) is 3.91. The summed E-state index contributed by atoms with van der Waals surface area (Å²) in [6, 6.07) is 1.41. The fourth-order valence-corrected chi connectivity index (χ4v) is 2.53. The largest absolute Gasteiger partial charge is 0.477 e. The standard InChI is InChI=1S/C13H18N2O3/c1-2-18-13(7-4-3-5-8-13)12-14-9-6-10(15-12)11(16)17/h6,9H,2-5,7-8H2,1H3,(H,16,17). The molecule has 0 aliphatic heterocycles.